The molecular formula is C24H23IN4O4. The highest BCUT2D eigenvalue weighted by molar-refractivity contribution is 6.05. The van der Waals surface area contributed by atoms with Crippen molar-refractivity contribution in [1.29, 1.82) is 0 Å². The number of pyridine rings is 1. The minimum absolute atomic E-state index is 0. The fraction of sp³-hybridized carbons (Fsp3) is 0.0833. The van der Waals surface area contributed by atoms with Gasteiger partial charge in [-0.15, -0.1) is 0 Å². The minimum Gasteiger partial charge on any atom is -1.00 e. The predicted molar refractivity (Wildman–Crippen MR) is 118 cm³/mol. The highest BCUT2D eigenvalue weighted by atomic mass is 127. The van der Waals surface area contributed by atoms with Gasteiger partial charge in [-0.25, -0.2) is 0 Å². The van der Waals surface area contributed by atoms with Crippen molar-refractivity contribution in [2.45, 2.75) is 6.54 Å². The van der Waals surface area contributed by atoms with Crippen LogP contribution in [0, 0.1) is 0 Å². The van der Waals surface area contributed by atoms with E-state index < -0.39 is 17.7 Å². The maximum atomic E-state index is 12.8. The van der Waals surface area contributed by atoms with Crippen LogP contribution in [0.3, 0.4) is 0 Å². The van der Waals surface area contributed by atoms with Crippen LogP contribution in [-0.2, 0) is 16.1 Å². The number of benzene rings is 2. The maximum Gasteiger partial charge on any atom is 0.304 e. The third-order valence-corrected chi connectivity index (χ3v) is 4.35. The molecule has 0 aliphatic rings. The molecule has 3 aromatic rings. The van der Waals surface area contributed by atoms with E-state index in [-0.39, 0.29) is 36.2 Å². The molecule has 0 atom stereocenters. The third kappa shape index (κ3) is 8.04. The molecule has 1 heterocycles. The van der Waals surface area contributed by atoms with Gasteiger partial charge in [0.2, 0.25) is 6.54 Å². The van der Waals surface area contributed by atoms with Gasteiger partial charge in [0.1, 0.15) is 11.4 Å². The average Bonchev–Trinajstić information content (AvgIpc) is 2.83. The number of hydrogen-bond donors (Lipinski definition) is 3. The van der Waals surface area contributed by atoms with Crippen LogP contribution in [-0.4, -0.2) is 24.8 Å². The fourth-order valence-corrected chi connectivity index (χ4v) is 2.78. The molecule has 3 amide bonds. The molecule has 0 saturated heterocycles. The van der Waals surface area contributed by atoms with Gasteiger partial charge in [0.25, 0.3) is 11.8 Å². The van der Waals surface area contributed by atoms with Crippen molar-refractivity contribution < 1.29 is 47.7 Å². The van der Waals surface area contributed by atoms with Crippen LogP contribution >= 0.6 is 0 Å². The lowest BCUT2D eigenvalue weighted by atomic mass is 10.1. The number of nitrogens with one attached hydrogen (secondary N) is 3. The van der Waals surface area contributed by atoms with E-state index in [0.29, 0.717) is 16.9 Å². The Kier molecular flexibility index (Phi) is 10.0. The number of halogens is 1. The molecule has 1 aromatic heterocycles. The zero-order chi connectivity index (χ0) is 22.8. The van der Waals surface area contributed by atoms with E-state index in [4.69, 9.17) is 4.74 Å². The van der Waals surface area contributed by atoms with Crippen LogP contribution in [0.5, 0.6) is 5.75 Å². The third-order valence-electron chi connectivity index (χ3n) is 4.35. The molecule has 9 heteroatoms. The summed E-state index contributed by atoms with van der Waals surface area (Å²) in [5.41, 5.74) is 5.68. The van der Waals surface area contributed by atoms with Crippen molar-refractivity contribution in [3.8, 4) is 5.75 Å². The van der Waals surface area contributed by atoms with Crippen molar-refractivity contribution >= 4 is 23.8 Å². The molecule has 0 radical (unpaired) electrons. The number of amides is 3. The summed E-state index contributed by atoms with van der Waals surface area (Å²) in [5, 5.41) is 2.61. The zero-order valence-corrected chi connectivity index (χ0v) is 20.0. The quantitative estimate of drug-likeness (QED) is 0.144. The summed E-state index contributed by atoms with van der Waals surface area (Å²) in [6, 6.07) is 20.9. The zero-order valence-electron chi connectivity index (χ0n) is 17.8. The van der Waals surface area contributed by atoms with Crippen LogP contribution < -0.4 is 49.4 Å². The first-order valence-corrected chi connectivity index (χ1v) is 9.80. The predicted octanol–water partition coefficient (Wildman–Crippen LogP) is -1.39. The van der Waals surface area contributed by atoms with Crippen LogP contribution in [0.1, 0.15) is 15.9 Å². The second kappa shape index (κ2) is 13.0. The number of rotatable bonds is 7. The molecule has 33 heavy (non-hydrogen) atoms. The van der Waals surface area contributed by atoms with E-state index in [0.717, 1.165) is 0 Å². The standard InChI is InChI=1S/C24H22N4O4.HI/c1-32-20-12-8-9-18(15-20)16-21(25-23(30)19-10-4-2-5-11-19)24(31)27-26-22(29)17-28-13-6-3-7-14-28;/h2-16H,17H2,1H3,(H2-,25,26,27,29,30,31);1H/b21-16-;. The SMILES string of the molecule is COc1cccc(/C=C(\NC(=O)c2ccccc2)C(=O)NNC(=O)C[n+]2ccccc2)c1.[I-]. The van der Waals surface area contributed by atoms with Crippen molar-refractivity contribution in [2.75, 3.05) is 7.11 Å². The average molecular weight is 558 g/mol. The van der Waals surface area contributed by atoms with Crippen molar-refractivity contribution in [1.82, 2.24) is 16.2 Å². The first kappa shape index (κ1) is 25.5. The van der Waals surface area contributed by atoms with Crippen LogP contribution in [0.25, 0.3) is 6.08 Å². The van der Waals surface area contributed by atoms with Crippen molar-refractivity contribution in [3.05, 3.63) is 102 Å². The Bertz CT molecular complexity index is 1120. The summed E-state index contributed by atoms with van der Waals surface area (Å²) >= 11 is 0. The summed E-state index contributed by atoms with van der Waals surface area (Å²) in [5.74, 6) is -0.963. The van der Waals surface area contributed by atoms with Gasteiger partial charge >= 0.3 is 5.91 Å². The number of ether oxygens (including phenoxy) is 1. The molecule has 0 aliphatic heterocycles. The molecule has 0 unspecified atom stereocenters. The van der Waals surface area contributed by atoms with E-state index in [1.807, 2.05) is 6.07 Å². The fourth-order valence-electron chi connectivity index (χ4n) is 2.78. The molecule has 3 rings (SSSR count). The van der Waals surface area contributed by atoms with E-state index in [1.54, 1.807) is 83.7 Å². The molecule has 0 bridgehead atoms. The van der Waals surface area contributed by atoms with E-state index in [9.17, 15) is 14.4 Å². The Hall–Kier alpha value is -3.73. The summed E-state index contributed by atoms with van der Waals surface area (Å²) in [7, 11) is 1.54. The number of aromatic nitrogens is 1. The normalized spacial score (nSPS) is 10.4. The first-order chi connectivity index (χ1) is 15.5. The van der Waals surface area contributed by atoms with E-state index in [1.165, 1.54) is 13.2 Å². The van der Waals surface area contributed by atoms with Gasteiger partial charge in [0.05, 0.1) is 7.11 Å². The van der Waals surface area contributed by atoms with Crippen LogP contribution in [0.4, 0.5) is 0 Å². The number of nitrogens with zero attached hydrogens (tertiary/aromatic N) is 1. The van der Waals surface area contributed by atoms with Crippen LogP contribution in [0.15, 0.2) is 90.9 Å². The largest absolute Gasteiger partial charge is 1.00 e. The molecule has 0 aliphatic carbocycles. The molecule has 0 fully saturated rings. The van der Waals surface area contributed by atoms with Gasteiger partial charge in [-0.2, -0.15) is 4.57 Å². The second-order valence-corrected chi connectivity index (χ2v) is 6.70. The summed E-state index contributed by atoms with van der Waals surface area (Å²) in [6.07, 6.45) is 4.96. The van der Waals surface area contributed by atoms with E-state index >= 15 is 0 Å². The minimum atomic E-state index is -0.677. The molecule has 0 saturated carbocycles. The number of carbonyl (C=O) groups is 3. The highest BCUT2D eigenvalue weighted by Crippen LogP contribution is 2.15. The summed E-state index contributed by atoms with van der Waals surface area (Å²) < 4.78 is 6.86. The van der Waals surface area contributed by atoms with Gasteiger partial charge < -0.3 is 34.0 Å². The summed E-state index contributed by atoms with van der Waals surface area (Å²) in [4.78, 5) is 37.5. The lowest BCUT2D eigenvalue weighted by molar-refractivity contribution is -0.684. The Morgan fingerprint density at radius 2 is 1.61 bits per heavy atom. The summed E-state index contributed by atoms with van der Waals surface area (Å²) in [6.45, 7) is 0.0203. The molecule has 3 N–H and O–H groups in total. The Balaban J connectivity index is 0.00000385. The van der Waals surface area contributed by atoms with Gasteiger partial charge in [0.15, 0.2) is 12.4 Å². The van der Waals surface area contributed by atoms with Gasteiger partial charge in [-0.05, 0) is 35.9 Å². The number of methoxy groups -OCH3 is 1. The highest BCUT2D eigenvalue weighted by Gasteiger charge is 2.16. The lowest BCUT2D eigenvalue weighted by Gasteiger charge is -2.12. The number of hydrazine groups is 1. The molecule has 2 aromatic carbocycles. The van der Waals surface area contributed by atoms with Crippen molar-refractivity contribution in [3.63, 3.8) is 0 Å². The Morgan fingerprint density at radius 3 is 2.30 bits per heavy atom. The van der Waals surface area contributed by atoms with Crippen molar-refractivity contribution in [2.24, 2.45) is 0 Å². The molecule has 8 nitrogen and oxygen atoms in total. The monoisotopic (exact) mass is 558 g/mol. The Morgan fingerprint density at radius 1 is 0.909 bits per heavy atom. The molecule has 0 spiro atoms. The van der Waals surface area contributed by atoms with Gasteiger partial charge in [-0.3, -0.25) is 25.2 Å². The first-order valence-electron chi connectivity index (χ1n) is 9.80. The van der Waals surface area contributed by atoms with Crippen LogP contribution in [0.2, 0.25) is 0 Å². The Labute approximate surface area is 208 Å². The smallest absolute Gasteiger partial charge is 0.304 e. The topological polar surface area (TPSA) is 100 Å². The molecular weight excluding hydrogens is 535 g/mol. The van der Waals surface area contributed by atoms with Gasteiger partial charge in [-0.1, -0.05) is 36.4 Å². The maximum absolute atomic E-state index is 12.8. The number of carbonyl (C=O) groups excluding carboxylic acids is 3. The molecule has 170 valence electrons. The lowest BCUT2D eigenvalue weighted by Crippen LogP contribution is -3.00. The van der Waals surface area contributed by atoms with E-state index in [2.05, 4.69) is 16.2 Å². The second-order valence-electron chi connectivity index (χ2n) is 6.70. The van der Waals surface area contributed by atoms with Gasteiger partial charge in [0, 0.05) is 17.7 Å². The number of hydrogen-bond acceptors (Lipinski definition) is 4.